The number of hydrogen-bond acceptors (Lipinski definition) is 3. The molecular formula is C24H24FNO4S. The number of rotatable bonds is 9. The fourth-order valence-corrected chi connectivity index (χ4v) is 4.80. The van der Waals surface area contributed by atoms with E-state index in [9.17, 15) is 17.6 Å². The first-order valence-electron chi connectivity index (χ1n) is 9.90. The predicted molar refractivity (Wildman–Crippen MR) is 117 cm³/mol. The highest BCUT2D eigenvalue weighted by Gasteiger charge is 2.25. The third kappa shape index (κ3) is 5.77. The summed E-state index contributed by atoms with van der Waals surface area (Å²) in [6.07, 6.45) is 1.32. The van der Waals surface area contributed by atoms with Crippen LogP contribution in [0.2, 0.25) is 0 Å². The van der Waals surface area contributed by atoms with Gasteiger partial charge in [0.25, 0.3) is 0 Å². The highest BCUT2D eigenvalue weighted by Crippen LogP contribution is 2.22. The number of aryl methyl sites for hydroxylation is 2. The number of sulfonamides is 1. The third-order valence-electron chi connectivity index (χ3n) is 5.10. The fraction of sp³-hybridized carbons (Fsp3) is 0.208. The second kappa shape index (κ2) is 9.85. The van der Waals surface area contributed by atoms with Crippen molar-refractivity contribution in [2.45, 2.75) is 31.2 Å². The van der Waals surface area contributed by atoms with Gasteiger partial charge in [-0.2, -0.15) is 4.31 Å². The summed E-state index contributed by atoms with van der Waals surface area (Å²) in [4.78, 5) is 11.2. The van der Waals surface area contributed by atoms with Crippen LogP contribution in [0.25, 0.3) is 0 Å². The molecule has 3 rings (SSSR count). The molecule has 0 unspecified atom stereocenters. The van der Waals surface area contributed by atoms with Crippen molar-refractivity contribution >= 4 is 16.0 Å². The minimum atomic E-state index is -3.86. The number of halogens is 1. The van der Waals surface area contributed by atoms with Crippen molar-refractivity contribution in [3.05, 3.63) is 101 Å². The molecule has 0 aromatic heterocycles. The van der Waals surface area contributed by atoms with E-state index in [4.69, 9.17) is 5.11 Å². The van der Waals surface area contributed by atoms with Gasteiger partial charge in [0.15, 0.2) is 0 Å². The van der Waals surface area contributed by atoms with Crippen LogP contribution < -0.4 is 0 Å². The number of hydrogen-bond donors (Lipinski definition) is 1. The Morgan fingerprint density at radius 1 is 1.00 bits per heavy atom. The molecule has 7 heteroatoms. The number of carboxylic acid groups (broad SMARTS) is 1. The van der Waals surface area contributed by atoms with Gasteiger partial charge in [-0.15, -0.1) is 0 Å². The Balaban J connectivity index is 1.86. The minimum Gasteiger partial charge on any atom is -0.478 e. The average Bonchev–Trinajstić information content (AvgIpc) is 2.75. The first kappa shape index (κ1) is 22.7. The summed E-state index contributed by atoms with van der Waals surface area (Å²) < 4.78 is 41.3. The molecule has 5 nitrogen and oxygen atoms in total. The van der Waals surface area contributed by atoms with Crippen molar-refractivity contribution in [2.75, 3.05) is 6.54 Å². The molecule has 31 heavy (non-hydrogen) atoms. The van der Waals surface area contributed by atoms with Gasteiger partial charge >= 0.3 is 5.97 Å². The van der Waals surface area contributed by atoms with Gasteiger partial charge in [-0.25, -0.2) is 17.6 Å². The molecule has 0 bridgehead atoms. The number of carboxylic acids is 1. The Bertz CT molecular complexity index is 1150. The van der Waals surface area contributed by atoms with Gasteiger partial charge in [0.1, 0.15) is 5.82 Å². The van der Waals surface area contributed by atoms with Crippen LogP contribution in [0.15, 0.2) is 77.7 Å². The van der Waals surface area contributed by atoms with Gasteiger partial charge in [0.2, 0.25) is 10.0 Å². The maximum atomic E-state index is 13.3. The molecule has 0 aliphatic carbocycles. The molecule has 3 aromatic rings. The molecule has 0 radical (unpaired) electrons. The van der Waals surface area contributed by atoms with Gasteiger partial charge in [-0.3, -0.25) is 0 Å². The van der Waals surface area contributed by atoms with E-state index in [1.807, 2.05) is 30.3 Å². The van der Waals surface area contributed by atoms with E-state index in [0.29, 0.717) is 18.4 Å². The summed E-state index contributed by atoms with van der Waals surface area (Å²) in [6.45, 7) is 2.13. The molecule has 0 spiro atoms. The molecule has 0 saturated heterocycles. The monoisotopic (exact) mass is 441 g/mol. The van der Waals surface area contributed by atoms with Crippen molar-refractivity contribution in [1.82, 2.24) is 4.31 Å². The number of aromatic carboxylic acids is 1. The van der Waals surface area contributed by atoms with Crippen LogP contribution in [0.1, 0.15) is 33.5 Å². The van der Waals surface area contributed by atoms with Crippen molar-refractivity contribution in [1.29, 1.82) is 0 Å². The lowest BCUT2D eigenvalue weighted by molar-refractivity contribution is 0.0696. The fourth-order valence-electron chi connectivity index (χ4n) is 3.34. The quantitative estimate of drug-likeness (QED) is 0.524. The largest absolute Gasteiger partial charge is 0.478 e. The molecule has 0 amide bonds. The zero-order chi connectivity index (χ0) is 22.4. The Labute approximate surface area is 181 Å². The first-order valence-corrected chi connectivity index (χ1v) is 11.3. The second-order valence-corrected chi connectivity index (χ2v) is 9.27. The van der Waals surface area contributed by atoms with Gasteiger partial charge in [0.05, 0.1) is 10.5 Å². The van der Waals surface area contributed by atoms with E-state index in [0.717, 1.165) is 23.3 Å². The van der Waals surface area contributed by atoms with E-state index < -0.39 is 21.8 Å². The zero-order valence-corrected chi connectivity index (χ0v) is 18.0. The van der Waals surface area contributed by atoms with Gasteiger partial charge in [-0.1, -0.05) is 36.4 Å². The molecule has 0 fully saturated rings. The molecule has 3 aromatic carbocycles. The highest BCUT2D eigenvalue weighted by molar-refractivity contribution is 7.89. The molecule has 0 heterocycles. The molecule has 0 atom stereocenters. The summed E-state index contributed by atoms with van der Waals surface area (Å²) >= 11 is 0. The van der Waals surface area contributed by atoms with Crippen molar-refractivity contribution in [3.63, 3.8) is 0 Å². The highest BCUT2D eigenvalue weighted by atomic mass is 32.2. The lowest BCUT2D eigenvalue weighted by Gasteiger charge is -2.23. The maximum Gasteiger partial charge on any atom is 0.335 e. The maximum absolute atomic E-state index is 13.3. The summed E-state index contributed by atoms with van der Waals surface area (Å²) in [7, 11) is -3.86. The van der Waals surface area contributed by atoms with Crippen LogP contribution in [0.3, 0.4) is 0 Å². The SMILES string of the molecule is Cc1cc(C(=O)O)ccc1CN(CCCc1ccccc1)S(=O)(=O)c1ccc(F)cc1. The summed E-state index contributed by atoms with van der Waals surface area (Å²) in [5, 5.41) is 9.17. The summed E-state index contributed by atoms with van der Waals surface area (Å²) in [6, 6.07) is 19.2. The van der Waals surface area contributed by atoms with E-state index >= 15 is 0 Å². The lowest BCUT2D eigenvalue weighted by Crippen LogP contribution is -2.32. The van der Waals surface area contributed by atoms with Crippen molar-refractivity contribution in [3.8, 4) is 0 Å². The van der Waals surface area contributed by atoms with Crippen molar-refractivity contribution in [2.24, 2.45) is 0 Å². The molecule has 0 aliphatic heterocycles. The molecule has 1 N–H and O–H groups in total. The Kier molecular flexibility index (Phi) is 7.20. The summed E-state index contributed by atoms with van der Waals surface area (Å²) in [5.74, 6) is -1.54. The standard InChI is InChI=1S/C24H24FNO4S/c1-18-16-20(24(27)28)9-10-21(18)17-26(15-5-8-19-6-3-2-4-7-19)31(29,30)23-13-11-22(25)12-14-23/h2-4,6-7,9-14,16H,5,8,15,17H2,1H3,(H,27,28). The molecule has 0 saturated carbocycles. The van der Waals surface area contributed by atoms with Crippen LogP contribution in [-0.2, 0) is 23.0 Å². The molecular weight excluding hydrogens is 417 g/mol. The Morgan fingerprint density at radius 3 is 2.29 bits per heavy atom. The third-order valence-corrected chi connectivity index (χ3v) is 6.96. The van der Waals surface area contributed by atoms with E-state index in [1.165, 1.54) is 28.6 Å². The smallest absolute Gasteiger partial charge is 0.335 e. The first-order chi connectivity index (χ1) is 14.8. The van der Waals surface area contributed by atoms with Crippen LogP contribution >= 0.6 is 0 Å². The van der Waals surface area contributed by atoms with E-state index in [1.54, 1.807) is 13.0 Å². The normalized spacial score (nSPS) is 11.6. The van der Waals surface area contributed by atoms with Crippen LogP contribution in [-0.4, -0.2) is 30.3 Å². The van der Waals surface area contributed by atoms with Crippen LogP contribution in [0.5, 0.6) is 0 Å². The zero-order valence-electron chi connectivity index (χ0n) is 17.2. The van der Waals surface area contributed by atoms with Gasteiger partial charge in [0, 0.05) is 13.1 Å². The second-order valence-electron chi connectivity index (χ2n) is 7.33. The molecule has 162 valence electrons. The van der Waals surface area contributed by atoms with E-state index in [-0.39, 0.29) is 23.5 Å². The van der Waals surface area contributed by atoms with Crippen LogP contribution in [0, 0.1) is 12.7 Å². The number of benzene rings is 3. The van der Waals surface area contributed by atoms with E-state index in [2.05, 4.69) is 0 Å². The predicted octanol–water partition coefficient (Wildman–Crippen LogP) is 4.66. The number of carbonyl (C=O) groups is 1. The molecule has 0 aliphatic rings. The Morgan fingerprint density at radius 2 is 1.68 bits per heavy atom. The van der Waals surface area contributed by atoms with Crippen LogP contribution in [0.4, 0.5) is 4.39 Å². The van der Waals surface area contributed by atoms with Gasteiger partial charge < -0.3 is 5.11 Å². The van der Waals surface area contributed by atoms with Gasteiger partial charge in [-0.05, 0) is 72.9 Å². The lowest BCUT2D eigenvalue weighted by atomic mass is 10.0. The average molecular weight is 442 g/mol. The summed E-state index contributed by atoms with van der Waals surface area (Å²) in [5.41, 5.74) is 2.68. The topological polar surface area (TPSA) is 74.7 Å². The van der Waals surface area contributed by atoms with Crippen molar-refractivity contribution < 1.29 is 22.7 Å². The minimum absolute atomic E-state index is 0.0217. The Hall–Kier alpha value is -3.03. The number of nitrogens with zero attached hydrogens (tertiary/aromatic N) is 1.